The summed E-state index contributed by atoms with van der Waals surface area (Å²) >= 11 is 0. The van der Waals surface area contributed by atoms with Crippen molar-refractivity contribution < 1.29 is 12.6 Å². The van der Waals surface area contributed by atoms with Gasteiger partial charge < -0.3 is 4.18 Å². The zero-order chi connectivity index (χ0) is 18.0. The van der Waals surface area contributed by atoms with E-state index in [4.69, 9.17) is 4.18 Å². The van der Waals surface area contributed by atoms with Crippen LogP contribution >= 0.6 is 0 Å². The molecule has 0 amide bonds. The third-order valence-electron chi connectivity index (χ3n) is 3.76. The van der Waals surface area contributed by atoms with Crippen molar-refractivity contribution in [2.24, 2.45) is 0 Å². The molecule has 0 aliphatic carbocycles. The first-order valence-electron chi connectivity index (χ1n) is 8.03. The van der Waals surface area contributed by atoms with Crippen LogP contribution in [0.2, 0.25) is 0 Å². The highest BCUT2D eigenvalue weighted by atomic mass is 32.2. The molecule has 0 spiro atoms. The first-order chi connectivity index (χ1) is 11.9. The predicted molar refractivity (Wildman–Crippen MR) is 96.6 cm³/mol. The zero-order valence-corrected chi connectivity index (χ0v) is 15.2. The molecule has 1 aromatic heterocycles. The normalized spacial score (nSPS) is 11.7. The summed E-state index contributed by atoms with van der Waals surface area (Å²) in [7, 11) is -3.93. The number of aromatic nitrogens is 2. The minimum Gasteiger partial charge on any atom is -0.358 e. The van der Waals surface area contributed by atoms with Gasteiger partial charge in [-0.1, -0.05) is 44.2 Å². The number of nitrogens with zero attached hydrogens (tertiary/aromatic N) is 2. The molecule has 0 radical (unpaired) electrons. The second kappa shape index (κ2) is 6.72. The van der Waals surface area contributed by atoms with Crippen LogP contribution in [0.5, 0.6) is 5.88 Å². The van der Waals surface area contributed by atoms with E-state index in [1.807, 2.05) is 45.0 Å². The Kier molecular flexibility index (Phi) is 4.63. The lowest BCUT2D eigenvalue weighted by Gasteiger charge is -2.10. The lowest BCUT2D eigenvalue weighted by molar-refractivity contribution is 0.465. The molecule has 0 saturated heterocycles. The highest BCUT2D eigenvalue weighted by Crippen LogP contribution is 2.27. The number of aryl methyl sites for hydroxylation is 1. The van der Waals surface area contributed by atoms with Gasteiger partial charge in [-0.3, -0.25) is 0 Å². The van der Waals surface area contributed by atoms with Crippen molar-refractivity contribution in [3.63, 3.8) is 0 Å². The molecule has 3 aromatic rings. The summed E-state index contributed by atoms with van der Waals surface area (Å²) in [6.07, 6.45) is 0. The van der Waals surface area contributed by atoms with Crippen LogP contribution in [-0.4, -0.2) is 18.2 Å². The van der Waals surface area contributed by atoms with Crippen LogP contribution in [0, 0.1) is 6.92 Å². The molecular formula is C19H20N2O3S. The second-order valence-electron chi connectivity index (χ2n) is 6.16. The Morgan fingerprint density at radius 3 is 2.36 bits per heavy atom. The van der Waals surface area contributed by atoms with Crippen molar-refractivity contribution in [1.82, 2.24) is 9.78 Å². The molecule has 0 unspecified atom stereocenters. The average Bonchev–Trinajstić information content (AvgIpc) is 2.99. The van der Waals surface area contributed by atoms with Crippen LogP contribution in [0.3, 0.4) is 0 Å². The Labute approximate surface area is 148 Å². The van der Waals surface area contributed by atoms with Gasteiger partial charge in [0.25, 0.3) is 0 Å². The predicted octanol–water partition coefficient (Wildman–Crippen LogP) is 4.07. The van der Waals surface area contributed by atoms with Crippen LogP contribution in [-0.2, 0) is 10.1 Å². The Hall–Kier alpha value is -2.60. The molecule has 0 fully saturated rings. The lowest BCUT2D eigenvalue weighted by atomic mass is 10.1. The maximum atomic E-state index is 12.6. The quantitative estimate of drug-likeness (QED) is 0.647. The molecule has 6 heteroatoms. The van der Waals surface area contributed by atoms with Crippen molar-refractivity contribution in [3.8, 4) is 11.6 Å². The van der Waals surface area contributed by atoms with Gasteiger partial charge in [0.1, 0.15) is 4.90 Å². The van der Waals surface area contributed by atoms with Crippen molar-refractivity contribution in [3.05, 3.63) is 71.9 Å². The summed E-state index contributed by atoms with van der Waals surface area (Å²) in [6.45, 7) is 5.97. The van der Waals surface area contributed by atoms with Gasteiger partial charge in [-0.25, -0.2) is 0 Å². The number of hydrogen-bond donors (Lipinski definition) is 0. The van der Waals surface area contributed by atoms with Crippen molar-refractivity contribution in [2.45, 2.75) is 31.6 Å². The van der Waals surface area contributed by atoms with Gasteiger partial charge in [0.05, 0.1) is 11.4 Å². The number of benzene rings is 2. The molecule has 0 atom stereocenters. The Balaban J connectivity index is 2.06. The van der Waals surface area contributed by atoms with Crippen molar-refractivity contribution in [2.75, 3.05) is 0 Å². The molecule has 130 valence electrons. The highest BCUT2D eigenvalue weighted by molar-refractivity contribution is 7.87. The molecule has 0 saturated carbocycles. The summed E-state index contributed by atoms with van der Waals surface area (Å²) in [5.41, 5.74) is 2.57. The van der Waals surface area contributed by atoms with Crippen LogP contribution in [0.1, 0.15) is 31.0 Å². The maximum Gasteiger partial charge on any atom is 0.340 e. The van der Waals surface area contributed by atoms with Gasteiger partial charge in [-0.05, 0) is 42.7 Å². The van der Waals surface area contributed by atoms with E-state index in [1.165, 1.54) is 16.8 Å². The first kappa shape index (κ1) is 17.2. The standard InChI is InChI=1S/C19H20N2O3S/c1-14(2)18-13-19(21(20-18)16-9-7-8-15(3)12-16)24-25(22,23)17-10-5-4-6-11-17/h4-14H,1-3H3. The molecular weight excluding hydrogens is 336 g/mol. The SMILES string of the molecule is Cc1cccc(-n2nc(C(C)C)cc2OS(=O)(=O)c2ccccc2)c1. The monoisotopic (exact) mass is 356 g/mol. The van der Waals surface area contributed by atoms with Gasteiger partial charge in [-0.15, -0.1) is 0 Å². The molecule has 0 aliphatic rings. The van der Waals surface area contributed by atoms with Crippen LogP contribution in [0.4, 0.5) is 0 Å². The van der Waals surface area contributed by atoms with Gasteiger partial charge in [0.15, 0.2) is 0 Å². The van der Waals surface area contributed by atoms with Gasteiger partial charge >= 0.3 is 10.1 Å². The van der Waals surface area contributed by atoms with Crippen LogP contribution in [0.15, 0.2) is 65.6 Å². The van der Waals surface area contributed by atoms with Gasteiger partial charge in [0, 0.05) is 6.07 Å². The van der Waals surface area contributed by atoms with E-state index in [1.54, 1.807) is 24.3 Å². The summed E-state index contributed by atoms with van der Waals surface area (Å²) < 4.78 is 32.1. The van der Waals surface area contributed by atoms with Crippen LogP contribution in [0.25, 0.3) is 5.69 Å². The lowest BCUT2D eigenvalue weighted by Crippen LogP contribution is -2.12. The van der Waals surface area contributed by atoms with E-state index < -0.39 is 10.1 Å². The van der Waals surface area contributed by atoms with Crippen molar-refractivity contribution in [1.29, 1.82) is 0 Å². The molecule has 0 aliphatic heterocycles. The summed E-state index contributed by atoms with van der Waals surface area (Å²) in [5.74, 6) is 0.325. The van der Waals surface area contributed by atoms with Crippen molar-refractivity contribution >= 4 is 10.1 Å². The Bertz CT molecular complexity index is 977. The van der Waals surface area contributed by atoms with E-state index in [9.17, 15) is 8.42 Å². The summed E-state index contributed by atoms with van der Waals surface area (Å²) in [6, 6.07) is 17.4. The van der Waals surface area contributed by atoms with E-state index in [-0.39, 0.29) is 16.7 Å². The fourth-order valence-corrected chi connectivity index (χ4v) is 3.35. The van der Waals surface area contributed by atoms with Crippen LogP contribution < -0.4 is 4.18 Å². The molecule has 0 N–H and O–H groups in total. The Morgan fingerprint density at radius 2 is 1.72 bits per heavy atom. The zero-order valence-electron chi connectivity index (χ0n) is 14.4. The summed E-state index contributed by atoms with van der Waals surface area (Å²) in [5, 5.41) is 4.53. The first-order valence-corrected chi connectivity index (χ1v) is 9.44. The van der Waals surface area contributed by atoms with E-state index in [2.05, 4.69) is 5.10 Å². The molecule has 5 nitrogen and oxygen atoms in total. The largest absolute Gasteiger partial charge is 0.358 e. The fourth-order valence-electron chi connectivity index (χ4n) is 2.42. The smallest absolute Gasteiger partial charge is 0.340 e. The van der Waals surface area contributed by atoms with Gasteiger partial charge in [0.2, 0.25) is 5.88 Å². The molecule has 3 rings (SSSR count). The second-order valence-corrected chi connectivity index (χ2v) is 7.71. The number of hydrogen-bond acceptors (Lipinski definition) is 4. The third-order valence-corrected chi connectivity index (χ3v) is 5.00. The topological polar surface area (TPSA) is 61.2 Å². The fraction of sp³-hybridized carbons (Fsp3) is 0.211. The highest BCUT2D eigenvalue weighted by Gasteiger charge is 2.21. The molecule has 1 heterocycles. The molecule has 2 aromatic carbocycles. The van der Waals surface area contributed by atoms with E-state index in [0.29, 0.717) is 0 Å². The maximum absolute atomic E-state index is 12.6. The third kappa shape index (κ3) is 3.74. The van der Waals surface area contributed by atoms with E-state index >= 15 is 0 Å². The number of rotatable bonds is 5. The molecule has 0 bridgehead atoms. The van der Waals surface area contributed by atoms with Gasteiger partial charge in [-0.2, -0.15) is 18.2 Å². The molecule has 25 heavy (non-hydrogen) atoms. The van der Waals surface area contributed by atoms with E-state index in [0.717, 1.165) is 16.9 Å². The average molecular weight is 356 g/mol. The minimum atomic E-state index is -3.93. The Morgan fingerprint density at radius 1 is 1.00 bits per heavy atom. The minimum absolute atomic E-state index is 0.109. The summed E-state index contributed by atoms with van der Waals surface area (Å²) in [4.78, 5) is 0.109.